The molecule has 2 rings (SSSR count). The summed E-state index contributed by atoms with van der Waals surface area (Å²) in [4.78, 5) is 20.3. The van der Waals surface area contributed by atoms with Gasteiger partial charge >= 0.3 is 0 Å². The number of pyridine rings is 1. The highest BCUT2D eigenvalue weighted by Gasteiger charge is 2.20. The lowest BCUT2D eigenvalue weighted by molar-refractivity contribution is 0.0736. The third-order valence-corrected chi connectivity index (χ3v) is 3.73. The minimum absolute atomic E-state index is 0.153. The summed E-state index contributed by atoms with van der Waals surface area (Å²) in [5.74, 6) is 0.0393. The predicted octanol–water partition coefficient (Wildman–Crippen LogP) is 2.69. The number of carbonyl (C=O) groups is 1. The molecule has 0 saturated carbocycles. The number of amides is 1. The van der Waals surface area contributed by atoms with E-state index in [9.17, 15) is 9.90 Å². The molecule has 5 heteroatoms. The van der Waals surface area contributed by atoms with E-state index in [1.54, 1.807) is 42.4 Å². The van der Waals surface area contributed by atoms with E-state index in [1.165, 1.54) is 0 Å². The zero-order valence-electron chi connectivity index (χ0n) is 13.3. The summed E-state index contributed by atoms with van der Waals surface area (Å²) in [5, 5.41) is 9.58. The molecule has 0 aliphatic heterocycles. The van der Waals surface area contributed by atoms with Crippen molar-refractivity contribution in [3.63, 3.8) is 0 Å². The third kappa shape index (κ3) is 3.36. The van der Waals surface area contributed by atoms with Crippen molar-refractivity contribution in [1.29, 1.82) is 0 Å². The summed E-state index contributed by atoms with van der Waals surface area (Å²) in [6.07, 6.45) is 1.63. The van der Waals surface area contributed by atoms with Crippen molar-refractivity contribution in [1.82, 2.24) is 9.88 Å². The van der Waals surface area contributed by atoms with Gasteiger partial charge in [0.15, 0.2) is 0 Å². The SMILES string of the molecule is CC(c1cccc(O)c1)N(C)C(=O)c1cc(N(C)C)ccn1. The molecule has 1 atom stereocenters. The molecule has 0 aliphatic rings. The standard InChI is InChI=1S/C17H21N3O2/c1-12(13-6-5-7-15(21)10-13)20(4)17(22)16-11-14(19(2)3)8-9-18-16/h5-12,21H,1-4H3. The van der Waals surface area contributed by atoms with Crippen molar-refractivity contribution < 1.29 is 9.90 Å². The number of hydrogen-bond donors (Lipinski definition) is 1. The van der Waals surface area contributed by atoms with E-state index in [0.717, 1.165) is 11.3 Å². The van der Waals surface area contributed by atoms with Crippen LogP contribution >= 0.6 is 0 Å². The molecule has 5 nitrogen and oxygen atoms in total. The molecule has 0 saturated heterocycles. The van der Waals surface area contributed by atoms with E-state index in [2.05, 4.69) is 4.98 Å². The minimum atomic E-state index is -0.163. The van der Waals surface area contributed by atoms with Gasteiger partial charge in [0, 0.05) is 33.0 Å². The Balaban J connectivity index is 2.23. The smallest absolute Gasteiger partial charge is 0.272 e. The van der Waals surface area contributed by atoms with E-state index in [-0.39, 0.29) is 17.7 Å². The molecule has 1 amide bonds. The molecule has 116 valence electrons. The fourth-order valence-electron chi connectivity index (χ4n) is 2.18. The Hall–Kier alpha value is -2.56. The van der Waals surface area contributed by atoms with Crippen molar-refractivity contribution >= 4 is 11.6 Å². The van der Waals surface area contributed by atoms with Gasteiger partial charge in [-0.3, -0.25) is 9.78 Å². The molecule has 0 spiro atoms. The first-order valence-corrected chi connectivity index (χ1v) is 7.09. The highest BCUT2D eigenvalue weighted by molar-refractivity contribution is 5.93. The first kappa shape index (κ1) is 15.8. The lowest BCUT2D eigenvalue weighted by Gasteiger charge is -2.25. The maximum atomic E-state index is 12.6. The number of rotatable bonds is 4. The van der Waals surface area contributed by atoms with E-state index in [0.29, 0.717) is 5.69 Å². The first-order valence-electron chi connectivity index (χ1n) is 7.09. The number of aromatic nitrogens is 1. The maximum absolute atomic E-state index is 12.6. The van der Waals surface area contributed by atoms with Crippen LogP contribution < -0.4 is 4.90 Å². The fourth-order valence-corrected chi connectivity index (χ4v) is 2.18. The van der Waals surface area contributed by atoms with Gasteiger partial charge in [-0.25, -0.2) is 0 Å². The topological polar surface area (TPSA) is 56.7 Å². The second-order valence-corrected chi connectivity index (χ2v) is 5.48. The number of anilines is 1. The largest absolute Gasteiger partial charge is 0.508 e. The van der Waals surface area contributed by atoms with Gasteiger partial charge in [0.05, 0.1) is 6.04 Å². The average Bonchev–Trinajstić information content (AvgIpc) is 2.52. The third-order valence-electron chi connectivity index (χ3n) is 3.73. The van der Waals surface area contributed by atoms with Crippen LogP contribution in [0.2, 0.25) is 0 Å². The molecule has 22 heavy (non-hydrogen) atoms. The van der Waals surface area contributed by atoms with Crippen LogP contribution in [0.3, 0.4) is 0 Å². The Labute approximate surface area is 130 Å². The van der Waals surface area contributed by atoms with Crippen LogP contribution in [0.4, 0.5) is 5.69 Å². The van der Waals surface area contributed by atoms with Crippen LogP contribution in [0, 0.1) is 0 Å². The van der Waals surface area contributed by atoms with Gasteiger partial charge < -0.3 is 14.9 Å². The second-order valence-electron chi connectivity index (χ2n) is 5.48. The van der Waals surface area contributed by atoms with Crippen LogP contribution in [0.25, 0.3) is 0 Å². The number of nitrogens with zero attached hydrogens (tertiary/aromatic N) is 3. The second kappa shape index (κ2) is 6.47. The molecule has 0 radical (unpaired) electrons. The molecule has 1 heterocycles. The lowest BCUT2D eigenvalue weighted by Crippen LogP contribution is -2.30. The van der Waals surface area contributed by atoms with Gasteiger partial charge in [-0.2, -0.15) is 0 Å². The van der Waals surface area contributed by atoms with Crippen molar-refractivity contribution in [2.45, 2.75) is 13.0 Å². The molecule has 0 bridgehead atoms. The fraction of sp³-hybridized carbons (Fsp3) is 0.294. The number of hydrogen-bond acceptors (Lipinski definition) is 4. The minimum Gasteiger partial charge on any atom is -0.508 e. The molecule has 1 aromatic heterocycles. The van der Waals surface area contributed by atoms with Gasteiger partial charge in [0.1, 0.15) is 11.4 Å². The van der Waals surface area contributed by atoms with Crippen molar-refractivity contribution in [2.75, 3.05) is 26.0 Å². The summed E-state index contributed by atoms with van der Waals surface area (Å²) in [7, 11) is 5.58. The van der Waals surface area contributed by atoms with Crippen molar-refractivity contribution in [3.05, 3.63) is 53.9 Å². The summed E-state index contributed by atoms with van der Waals surface area (Å²) in [6, 6.07) is 10.4. The van der Waals surface area contributed by atoms with Crippen LogP contribution in [0.5, 0.6) is 5.75 Å². The van der Waals surface area contributed by atoms with Crippen LogP contribution in [-0.2, 0) is 0 Å². The normalized spacial score (nSPS) is 11.8. The molecular formula is C17H21N3O2. The van der Waals surface area contributed by atoms with Gasteiger partial charge in [0.25, 0.3) is 5.91 Å². The van der Waals surface area contributed by atoms with Crippen LogP contribution in [0.1, 0.15) is 29.0 Å². The Morgan fingerprint density at radius 2 is 1.91 bits per heavy atom. The molecule has 1 N–H and O–H groups in total. The summed E-state index contributed by atoms with van der Waals surface area (Å²) >= 11 is 0. The molecular weight excluding hydrogens is 278 g/mol. The quantitative estimate of drug-likeness (QED) is 0.943. The van der Waals surface area contributed by atoms with Gasteiger partial charge in [-0.1, -0.05) is 12.1 Å². The van der Waals surface area contributed by atoms with E-state index in [4.69, 9.17) is 0 Å². The van der Waals surface area contributed by atoms with Crippen LogP contribution in [-0.4, -0.2) is 42.0 Å². The monoisotopic (exact) mass is 299 g/mol. The number of phenolic OH excluding ortho intramolecular Hbond substituents is 1. The molecule has 0 fully saturated rings. The van der Waals surface area contributed by atoms with Crippen molar-refractivity contribution in [3.8, 4) is 5.75 Å². The summed E-state index contributed by atoms with van der Waals surface area (Å²) in [5.41, 5.74) is 2.21. The Morgan fingerprint density at radius 3 is 2.55 bits per heavy atom. The zero-order chi connectivity index (χ0) is 16.3. The first-order chi connectivity index (χ1) is 10.4. The Morgan fingerprint density at radius 1 is 1.18 bits per heavy atom. The molecule has 2 aromatic rings. The van der Waals surface area contributed by atoms with E-state index in [1.807, 2.05) is 38.1 Å². The van der Waals surface area contributed by atoms with Gasteiger partial charge in [0.2, 0.25) is 0 Å². The molecule has 1 unspecified atom stereocenters. The van der Waals surface area contributed by atoms with Crippen molar-refractivity contribution in [2.24, 2.45) is 0 Å². The zero-order valence-corrected chi connectivity index (χ0v) is 13.3. The maximum Gasteiger partial charge on any atom is 0.272 e. The van der Waals surface area contributed by atoms with E-state index >= 15 is 0 Å². The molecule has 1 aromatic carbocycles. The predicted molar refractivity (Wildman–Crippen MR) is 87.2 cm³/mol. The summed E-state index contributed by atoms with van der Waals surface area (Å²) in [6.45, 7) is 1.92. The Kier molecular flexibility index (Phi) is 4.65. The summed E-state index contributed by atoms with van der Waals surface area (Å²) < 4.78 is 0. The Bertz CT molecular complexity index is 670. The average molecular weight is 299 g/mol. The van der Waals surface area contributed by atoms with Crippen LogP contribution in [0.15, 0.2) is 42.6 Å². The number of aromatic hydroxyl groups is 1. The highest BCUT2D eigenvalue weighted by atomic mass is 16.3. The number of benzene rings is 1. The van der Waals surface area contributed by atoms with Gasteiger partial charge in [-0.05, 0) is 36.8 Å². The highest BCUT2D eigenvalue weighted by Crippen LogP contribution is 2.24. The molecule has 0 aliphatic carbocycles. The van der Waals surface area contributed by atoms with Gasteiger partial charge in [-0.15, -0.1) is 0 Å². The number of carbonyl (C=O) groups excluding carboxylic acids is 1. The van der Waals surface area contributed by atoms with E-state index < -0.39 is 0 Å². The lowest BCUT2D eigenvalue weighted by atomic mass is 10.1. The number of phenols is 1.